The summed E-state index contributed by atoms with van der Waals surface area (Å²) in [5.74, 6) is -0.350. The van der Waals surface area contributed by atoms with Gasteiger partial charge in [0.05, 0.1) is 5.69 Å². The van der Waals surface area contributed by atoms with E-state index in [1.807, 2.05) is 0 Å². The predicted molar refractivity (Wildman–Crippen MR) is 52.3 cm³/mol. The first-order valence-electron chi connectivity index (χ1n) is 3.50. The fraction of sp³-hybridized carbons (Fsp3) is 0. The Labute approximate surface area is 82.8 Å². The summed E-state index contributed by atoms with van der Waals surface area (Å²) in [4.78, 5) is 11.4. The van der Waals surface area contributed by atoms with Crippen LogP contribution < -0.4 is 5.32 Å². The first-order valence-corrected chi connectivity index (χ1v) is 4.62. The maximum absolute atomic E-state index is 11.2. The van der Waals surface area contributed by atoms with Gasteiger partial charge < -0.3 is 5.32 Å². The molecule has 0 saturated heterocycles. The Bertz CT molecular complexity index is 451. The zero-order chi connectivity index (χ0) is 9.42. The Kier molecular flexibility index (Phi) is 1.94. The molecule has 0 atom stereocenters. The van der Waals surface area contributed by atoms with Gasteiger partial charge in [0, 0.05) is 10.6 Å². The molecule has 0 radical (unpaired) electrons. The molecular formula is C8H4ClNO2S. The van der Waals surface area contributed by atoms with Gasteiger partial charge in [0.15, 0.2) is 0 Å². The first kappa shape index (κ1) is 8.47. The van der Waals surface area contributed by atoms with E-state index < -0.39 is 0 Å². The molecule has 66 valence electrons. The summed E-state index contributed by atoms with van der Waals surface area (Å²) in [6.07, 6.45) is 0. The predicted octanol–water partition coefficient (Wildman–Crippen LogP) is 1.03. The summed E-state index contributed by atoms with van der Waals surface area (Å²) >= 11 is 5.92. The third kappa shape index (κ3) is 1.28. The van der Waals surface area contributed by atoms with E-state index in [0.29, 0.717) is 16.3 Å². The van der Waals surface area contributed by atoms with Gasteiger partial charge in [-0.1, -0.05) is 11.6 Å². The van der Waals surface area contributed by atoms with Crippen LogP contribution in [0, 0.1) is 0 Å². The summed E-state index contributed by atoms with van der Waals surface area (Å²) in [5, 5.41) is 3.10. The average molecular weight is 214 g/mol. The van der Waals surface area contributed by atoms with E-state index in [1.54, 1.807) is 18.2 Å². The summed E-state index contributed by atoms with van der Waals surface area (Å²) in [7, 11) is 0. The number of nitrogens with one attached hydrogen (secondary N) is 1. The molecule has 1 aromatic rings. The van der Waals surface area contributed by atoms with Gasteiger partial charge in [0.25, 0.3) is 5.91 Å². The third-order valence-electron chi connectivity index (χ3n) is 1.76. The normalized spacial score (nSPS) is 13.9. The molecule has 0 spiro atoms. The van der Waals surface area contributed by atoms with E-state index in [0.717, 1.165) is 0 Å². The second kappa shape index (κ2) is 2.97. The van der Waals surface area contributed by atoms with Crippen molar-refractivity contribution in [2.75, 3.05) is 5.32 Å². The highest BCUT2D eigenvalue weighted by Gasteiger charge is 2.25. The van der Waals surface area contributed by atoms with Crippen molar-refractivity contribution in [1.29, 1.82) is 0 Å². The molecule has 1 N–H and O–H groups in total. The number of hydrogen-bond acceptors (Lipinski definition) is 2. The van der Waals surface area contributed by atoms with Crippen LogP contribution in [0.4, 0.5) is 5.69 Å². The van der Waals surface area contributed by atoms with Gasteiger partial charge in [-0.25, -0.2) is 4.21 Å². The lowest BCUT2D eigenvalue weighted by Gasteiger charge is -1.95. The molecule has 0 saturated carbocycles. The third-order valence-corrected chi connectivity index (χ3v) is 2.57. The maximum atomic E-state index is 11.2. The molecule has 5 heteroatoms. The molecule has 3 nitrogen and oxygen atoms in total. The quantitative estimate of drug-likeness (QED) is 0.655. The SMILES string of the molecule is O=S=C1C(=O)Nc2cc(Cl)ccc21. The van der Waals surface area contributed by atoms with Crippen LogP contribution in [-0.2, 0) is 16.1 Å². The van der Waals surface area contributed by atoms with Gasteiger partial charge >= 0.3 is 0 Å². The van der Waals surface area contributed by atoms with Crippen molar-refractivity contribution in [3.8, 4) is 0 Å². The van der Waals surface area contributed by atoms with Crippen molar-refractivity contribution in [2.24, 2.45) is 0 Å². The second-order valence-electron chi connectivity index (χ2n) is 2.56. The van der Waals surface area contributed by atoms with Gasteiger partial charge in [-0.2, -0.15) is 0 Å². The Morgan fingerprint density at radius 3 is 2.85 bits per heavy atom. The second-order valence-corrected chi connectivity index (χ2v) is 3.57. The molecule has 0 aromatic heterocycles. The molecule has 1 aliphatic rings. The van der Waals surface area contributed by atoms with Crippen LogP contribution >= 0.6 is 11.6 Å². The van der Waals surface area contributed by atoms with Gasteiger partial charge in [-0.3, -0.25) is 4.79 Å². The molecule has 0 aliphatic carbocycles. The number of anilines is 1. The number of fused-ring (bicyclic) bond motifs is 1. The number of rotatable bonds is 0. The summed E-state index contributed by atoms with van der Waals surface area (Å²) < 4.78 is 10.6. The molecule has 0 unspecified atom stereocenters. The van der Waals surface area contributed by atoms with E-state index in [2.05, 4.69) is 5.32 Å². The number of amides is 1. The van der Waals surface area contributed by atoms with Crippen LogP contribution in [0.15, 0.2) is 18.2 Å². The van der Waals surface area contributed by atoms with Gasteiger partial charge in [0.2, 0.25) is 0 Å². The number of benzene rings is 1. The Hall–Kier alpha value is -1.13. The van der Waals surface area contributed by atoms with E-state index in [1.165, 1.54) is 0 Å². The number of hydrogen-bond donors (Lipinski definition) is 1. The van der Waals surface area contributed by atoms with Crippen molar-refractivity contribution in [3.63, 3.8) is 0 Å². The smallest absolute Gasteiger partial charge is 0.269 e. The van der Waals surface area contributed by atoms with Gasteiger partial charge in [0.1, 0.15) is 16.1 Å². The van der Waals surface area contributed by atoms with E-state index in [-0.39, 0.29) is 22.0 Å². The molecular weight excluding hydrogens is 210 g/mol. The van der Waals surface area contributed by atoms with Crippen LogP contribution in [-0.4, -0.2) is 15.0 Å². The van der Waals surface area contributed by atoms with Crippen molar-refractivity contribution in [2.45, 2.75) is 0 Å². The average Bonchev–Trinajstić information content (AvgIpc) is 2.39. The number of halogens is 1. The molecule has 1 aromatic carbocycles. The minimum Gasteiger partial charge on any atom is -0.321 e. The van der Waals surface area contributed by atoms with E-state index in [9.17, 15) is 9.00 Å². The van der Waals surface area contributed by atoms with Gasteiger partial charge in [-0.15, -0.1) is 0 Å². The Balaban J connectivity index is 2.68. The topological polar surface area (TPSA) is 46.2 Å². The first-order chi connectivity index (χ1) is 6.22. The number of carbonyl (C=O) groups excluding carboxylic acids is 1. The Morgan fingerprint density at radius 2 is 2.15 bits per heavy atom. The summed E-state index contributed by atoms with van der Waals surface area (Å²) in [5.41, 5.74) is 1.24. The van der Waals surface area contributed by atoms with Crippen LogP contribution in [0.1, 0.15) is 5.56 Å². The summed E-state index contributed by atoms with van der Waals surface area (Å²) in [6.45, 7) is 0. The standard InChI is InChI=1S/C8H4ClNO2S/c9-4-1-2-5-6(3-4)10-8(11)7(5)13-12/h1-3H,(H,10,11). The van der Waals surface area contributed by atoms with Crippen molar-refractivity contribution in [3.05, 3.63) is 28.8 Å². The monoisotopic (exact) mass is 213 g/mol. The molecule has 1 aliphatic heterocycles. The maximum Gasteiger partial charge on any atom is 0.269 e. The van der Waals surface area contributed by atoms with Crippen LogP contribution in [0.5, 0.6) is 0 Å². The highest BCUT2D eigenvalue weighted by atomic mass is 35.5. The highest BCUT2D eigenvalue weighted by molar-refractivity contribution is 7.69. The zero-order valence-electron chi connectivity index (χ0n) is 6.33. The van der Waals surface area contributed by atoms with Crippen LogP contribution in [0.3, 0.4) is 0 Å². The zero-order valence-corrected chi connectivity index (χ0v) is 7.91. The van der Waals surface area contributed by atoms with E-state index >= 15 is 0 Å². The molecule has 1 heterocycles. The number of carbonyl (C=O) groups is 1. The van der Waals surface area contributed by atoms with E-state index in [4.69, 9.17) is 11.6 Å². The Morgan fingerprint density at radius 1 is 1.38 bits per heavy atom. The lowest BCUT2D eigenvalue weighted by atomic mass is 10.2. The fourth-order valence-electron chi connectivity index (χ4n) is 1.20. The molecule has 2 rings (SSSR count). The minimum atomic E-state index is -0.350. The summed E-state index contributed by atoms with van der Waals surface area (Å²) in [6, 6.07) is 4.94. The van der Waals surface area contributed by atoms with Crippen LogP contribution in [0.2, 0.25) is 5.02 Å². The molecule has 1 amide bonds. The van der Waals surface area contributed by atoms with Crippen molar-refractivity contribution in [1.82, 2.24) is 0 Å². The molecule has 0 bridgehead atoms. The molecule has 13 heavy (non-hydrogen) atoms. The highest BCUT2D eigenvalue weighted by Crippen LogP contribution is 2.25. The minimum absolute atomic E-state index is 0.201. The largest absolute Gasteiger partial charge is 0.321 e. The van der Waals surface area contributed by atoms with Gasteiger partial charge in [-0.05, 0) is 18.2 Å². The lowest BCUT2D eigenvalue weighted by Crippen LogP contribution is -2.13. The molecule has 0 fully saturated rings. The van der Waals surface area contributed by atoms with Crippen molar-refractivity contribution < 1.29 is 9.00 Å². The fourth-order valence-corrected chi connectivity index (χ4v) is 1.77. The lowest BCUT2D eigenvalue weighted by molar-refractivity contribution is -0.109. The van der Waals surface area contributed by atoms with Crippen molar-refractivity contribution >= 4 is 39.3 Å². The van der Waals surface area contributed by atoms with Crippen LogP contribution in [0.25, 0.3) is 0 Å².